The molecule has 212 valence electrons. The molecule has 42 heavy (non-hydrogen) atoms. The summed E-state index contributed by atoms with van der Waals surface area (Å²) in [4.78, 5) is 29.5. The predicted octanol–water partition coefficient (Wildman–Crippen LogP) is 4.77. The van der Waals surface area contributed by atoms with E-state index in [2.05, 4.69) is 20.7 Å². The van der Waals surface area contributed by atoms with Gasteiger partial charge in [0.2, 0.25) is 5.95 Å². The van der Waals surface area contributed by atoms with E-state index in [1.54, 1.807) is 34.8 Å². The largest absolute Gasteiger partial charge is 0.495 e. The number of fused-ring (bicyclic) bond motifs is 1. The molecule has 3 aromatic carbocycles. The van der Waals surface area contributed by atoms with Crippen LogP contribution in [0.15, 0.2) is 85.1 Å². The Bertz CT molecular complexity index is 1750. The number of ether oxygens (including phenoxy) is 2. The number of nitrogens with one attached hydrogen (secondary N) is 2. The number of halogens is 1. The van der Waals surface area contributed by atoms with Gasteiger partial charge in [-0.25, -0.2) is 8.91 Å². The summed E-state index contributed by atoms with van der Waals surface area (Å²) in [5, 5.41) is 10.7. The lowest BCUT2D eigenvalue weighted by Crippen LogP contribution is -2.48. The van der Waals surface area contributed by atoms with Crippen LogP contribution in [0.2, 0.25) is 0 Å². The molecular weight excluding hydrogens is 537 g/mol. The van der Waals surface area contributed by atoms with Crippen molar-refractivity contribution in [3.63, 3.8) is 0 Å². The molecule has 1 aliphatic rings. The number of Topliss-reactive ketones (excluding diaryl/α,β-unsaturated/α-hetero) is 1. The Morgan fingerprint density at radius 1 is 0.952 bits per heavy atom. The molecule has 0 atom stereocenters. The van der Waals surface area contributed by atoms with E-state index in [9.17, 15) is 14.0 Å². The molecule has 9 nitrogen and oxygen atoms in total. The van der Waals surface area contributed by atoms with Gasteiger partial charge < -0.3 is 20.1 Å². The first kappa shape index (κ1) is 27.1. The van der Waals surface area contributed by atoms with Gasteiger partial charge in [0.15, 0.2) is 5.65 Å². The molecule has 0 bridgehead atoms. The number of amides is 1. The summed E-state index contributed by atoms with van der Waals surface area (Å²) in [5.74, 6) is 0.437. The number of ketones is 1. The monoisotopic (exact) mass is 565 g/mol. The summed E-state index contributed by atoms with van der Waals surface area (Å²) in [6.45, 7) is 1.05. The summed E-state index contributed by atoms with van der Waals surface area (Å²) in [7, 11) is 1.54. The van der Waals surface area contributed by atoms with Crippen molar-refractivity contribution in [2.24, 2.45) is 0 Å². The van der Waals surface area contributed by atoms with Crippen molar-refractivity contribution in [1.29, 1.82) is 0 Å². The van der Waals surface area contributed by atoms with E-state index in [4.69, 9.17) is 9.47 Å². The van der Waals surface area contributed by atoms with Crippen LogP contribution in [0, 0.1) is 5.82 Å². The molecule has 1 fully saturated rings. The van der Waals surface area contributed by atoms with Gasteiger partial charge in [0, 0.05) is 30.2 Å². The Hall–Kier alpha value is -5.09. The van der Waals surface area contributed by atoms with Crippen LogP contribution in [0.25, 0.3) is 16.8 Å². The normalized spacial score (nSPS) is 13.0. The van der Waals surface area contributed by atoms with Crippen molar-refractivity contribution in [2.45, 2.75) is 18.9 Å². The zero-order chi connectivity index (χ0) is 29.1. The Labute approximate surface area is 241 Å². The van der Waals surface area contributed by atoms with Gasteiger partial charge in [-0.05, 0) is 59.2 Å². The van der Waals surface area contributed by atoms with Crippen molar-refractivity contribution in [3.8, 4) is 16.9 Å². The number of carbonyl (C=O) groups excluding carboxylic acids is 2. The summed E-state index contributed by atoms with van der Waals surface area (Å²) >= 11 is 0. The van der Waals surface area contributed by atoms with Gasteiger partial charge in [0.1, 0.15) is 17.3 Å². The fraction of sp³-hybridized carbons (Fsp3) is 0.188. The smallest absolute Gasteiger partial charge is 0.251 e. The number of carbonyl (C=O) groups is 2. The molecule has 1 aliphatic heterocycles. The van der Waals surface area contributed by atoms with Crippen molar-refractivity contribution in [3.05, 3.63) is 108 Å². The highest BCUT2D eigenvalue weighted by Crippen LogP contribution is 2.29. The van der Waals surface area contributed by atoms with Gasteiger partial charge in [-0.15, -0.1) is 5.10 Å². The molecule has 0 radical (unpaired) electrons. The zero-order valence-electron chi connectivity index (χ0n) is 22.8. The number of nitrogens with zero attached hydrogens (tertiary/aromatic N) is 3. The van der Waals surface area contributed by atoms with Gasteiger partial charge in [-0.2, -0.15) is 4.98 Å². The highest BCUT2D eigenvalue weighted by molar-refractivity contribution is 5.95. The second-order valence-electron chi connectivity index (χ2n) is 10.1. The van der Waals surface area contributed by atoms with Gasteiger partial charge in [-0.3, -0.25) is 9.59 Å². The van der Waals surface area contributed by atoms with Crippen LogP contribution < -0.4 is 15.4 Å². The maximum Gasteiger partial charge on any atom is 0.251 e. The van der Waals surface area contributed by atoms with Crippen LogP contribution in [-0.4, -0.2) is 52.7 Å². The molecule has 1 saturated heterocycles. The van der Waals surface area contributed by atoms with Crippen molar-refractivity contribution in [2.75, 3.05) is 25.6 Å². The topological polar surface area (TPSA) is 107 Å². The molecular formula is C32H28FN5O4. The van der Waals surface area contributed by atoms with Crippen LogP contribution in [-0.2, 0) is 22.4 Å². The van der Waals surface area contributed by atoms with Crippen molar-refractivity contribution < 1.29 is 23.5 Å². The van der Waals surface area contributed by atoms with Crippen molar-refractivity contribution in [1.82, 2.24) is 19.9 Å². The Morgan fingerprint density at radius 3 is 2.31 bits per heavy atom. The van der Waals surface area contributed by atoms with Gasteiger partial charge in [0.05, 0.1) is 32.1 Å². The second-order valence-corrected chi connectivity index (χ2v) is 10.1. The van der Waals surface area contributed by atoms with Crippen LogP contribution in [0.4, 0.5) is 16.0 Å². The maximum atomic E-state index is 13.1. The summed E-state index contributed by atoms with van der Waals surface area (Å²) in [6, 6.07) is 22.8. The average Bonchev–Trinajstić information content (AvgIpc) is 3.38. The molecule has 2 aromatic heterocycles. The molecule has 0 spiro atoms. The fourth-order valence-corrected chi connectivity index (χ4v) is 4.69. The molecule has 5 aromatic rings. The Kier molecular flexibility index (Phi) is 7.61. The molecule has 6 rings (SSSR count). The number of methoxy groups -OCH3 is 1. The summed E-state index contributed by atoms with van der Waals surface area (Å²) in [5.41, 5.74) is 5.39. The molecule has 0 saturated carbocycles. The quantitative estimate of drug-likeness (QED) is 0.251. The zero-order valence-corrected chi connectivity index (χ0v) is 22.8. The minimum atomic E-state index is -0.314. The van der Waals surface area contributed by atoms with Crippen molar-refractivity contribution >= 4 is 29.0 Å². The third-order valence-electron chi connectivity index (χ3n) is 7.02. The molecule has 1 amide bonds. The number of anilines is 2. The van der Waals surface area contributed by atoms with Gasteiger partial charge >= 0.3 is 0 Å². The predicted molar refractivity (Wildman–Crippen MR) is 156 cm³/mol. The molecule has 0 unspecified atom stereocenters. The highest BCUT2D eigenvalue weighted by atomic mass is 19.1. The molecule has 2 N–H and O–H groups in total. The Balaban J connectivity index is 1.12. The number of hydrogen-bond donors (Lipinski definition) is 2. The van der Waals surface area contributed by atoms with E-state index in [1.165, 1.54) is 19.2 Å². The van der Waals surface area contributed by atoms with Crippen LogP contribution in [0.5, 0.6) is 5.75 Å². The van der Waals surface area contributed by atoms with Crippen LogP contribution >= 0.6 is 0 Å². The van der Waals surface area contributed by atoms with E-state index >= 15 is 0 Å². The maximum absolute atomic E-state index is 13.1. The first-order valence-corrected chi connectivity index (χ1v) is 13.5. The van der Waals surface area contributed by atoms with E-state index in [1.807, 2.05) is 42.6 Å². The number of aromatic nitrogens is 3. The lowest BCUT2D eigenvalue weighted by molar-refractivity contribution is -0.117. The third kappa shape index (κ3) is 6.13. The fourth-order valence-electron chi connectivity index (χ4n) is 4.69. The van der Waals surface area contributed by atoms with E-state index in [0.29, 0.717) is 48.2 Å². The minimum absolute atomic E-state index is 0.0366. The van der Waals surface area contributed by atoms with E-state index in [-0.39, 0.29) is 30.0 Å². The summed E-state index contributed by atoms with van der Waals surface area (Å²) in [6.07, 6.45) is 2.46. The Morgan fingerprint density at radius 2 is 1.64 bits per heavy atom. The van der Waals surface area contributed by atoms with E-state index < -0.39 is 0 Å². The van der Waals surface area contributed by atoms with E-state index in [0.717, 1.165) is 22.3 Å². The average molecular weight is 566 g/mol. The number of pyridine rings is 1. The molecule has 10 heteroatoms. The molecule has 3 heterocycles. The third-order valence-corrected chi connectivity index (χ3v) is 7.02. The number of benzene rings is 3. The van der Waals surface area contributed by atoms with Crippen LogP contribution in [0.3, 0.4) is 0 Å². The first-order chi connectivity index (χ1) is 20.4. The van der Waals surface area contributed by atoms with Gasteiger partial charge in [0.25, 0.3) is 5.91 Å². The lowest BCUT2D eigenvalue weighted by atomic mass is 10.0. The number of hydrogen-bond acceptors (Lipinski definition) is 7. The minimum Gasteiger partial charge on any atom is -0.495 e. The second kappa shape index (κ2) is 11.8. The number of rotatable bonds is 10. The SMILES string of the molecule is COc1cc(C(=O)NC2COC2)ccc1Nc1nc2ccc(-c3ccc(CC(=O)Cc4ccc(F)cc4)cc3)cn2n1. The standard InChI is InChI=1S/C32H28FN5O4/c1-41-29-16-23(31(40)34-26-18-42-19-26)8-12-28(29)35-32-36-30-13-9-24(17-38(30)37-32)22-6-2-20(3-7-22)14-27(39)15-21-4-10-25(33)11-5-21/h2-13,16-17,26H,14-15,18-19H2,1H3,(H,34,40)(H,35,37). The van der Waals surface area contributed by atoms with Gasteiger partial charge in [-0.1, -0.05) is 36.4 Å². The summed E-state index contributed by atoms with van der Waals surface area (Å²) < 4.78 is 25.4. The van der Waals surface area contributed by atoms with Crippen LogP contribution in [0.1, 0.15) is 21.5 Å². The lowest BCUT2D eigenvalue weighted by Gasteiger charge is -2.26. The highest BCUT2D eigenvalue weighted by Gasteiger charge is 2.22. The first-order valence-electron chi connectivity index (χ1n) is 13.5. The molecule has 0 aliphatic carbocycles.